The first-order valence-corrected chi connectivity index (χ1v) is 10.9. The van der Waals surface area contributed by atoms with Gasteiger partial charge in [-0.25, -0.2) is 4.90 Å². The van der Waals surface area contributed by atoms with Gasteiger partial charge in [-0.1, -0.05) is 11.3 Å². The molecule has 4 rings (SSSR count). The summed E-state index contributed by atoms with van der Waals surface area (Å²) >= 11 is 1.56. The zero-order chi connectivity index (χ0) is 22.8. The standard InChI is InChI=1S/C21H21N5O5S/c1-30-15-8-7-13(10-16(15)31-2)26-20(28)18-19(21(26)29)25(24-23-18)11-17(27)22-12-5-4-6-14(9-12)32-3/h4-10,18-19H,11H2,1-3H3,(H,22,27)/t18-,19+/m1/s1. The second kappa shape index (κ2) is 8.87. The summed E-state index contributed by atoms with van der Waals surface area (Å²) in [6, 6.07) is 10.2. The van der Waals surface area contributed by atoms with E-state index in [0.29, 0.717) is 22.9 Å². The lowest BCUT2D eigenvalue weighted by Crippen LogP contribution is -2.43. The molecule has 2 aliphatic rings. The number of fused-ring (bicyclic) bond motifs is 1. The van der Waals surface area contributed by atoms with Crippen molar-refractivity contribution in [2.45, 2.75) is 17.0 Å². The number of amides is 3. The number of hydrogen-bond donors (Lipinski definition) is 1. The van der Waals surface area contributed by atoms with Crippen LogP contribution in [0.4, 0.5) is 11.4 Å². The summed E-state index contributed by atoms with van der Waals surface area (Å²) in [5, 5.41) is 11.9. The van der Waals surface area contributed by atoms with Crippen LogP contribution in [0.25, 0.3) is 0 Å². The molecule has 0 spiro atoms. The van der Waals surface area contributed by atoms with Gasteiger partial charge in [0.25, 0.3) is 11.8 Å². The molecule has 1 fully saturated rings. The van der Waals surface area contributed by atoms with Gasteiger partial charge in [0.15, 0.2) is 23.6 Å². The van der Waals surface area contributed by atoms with Gasteiger partial charge >= 0.3 is 0 Å². The SMILES string of the molecule is COc1ccc(N2C(=O)[C@@H]3[C@@H](N=NN3CC(=O)Nc3cccc(SC)c3)C2=O)cc1OC. The molecule has 10 nitrogen and oxygen atoms in total. The van der Waals surface area contributed by atoms with Crippen LogP contribution in [-0.4, -0.2) is 61.8 Å². The lowest BCUT2D eigenvalue weighted by molar-refractivity contribution is -0.123. The van der Waals surface area contributed by atoms with Crippen LogP contribution in [0.5, 0.6) is 11.5 Å². The number of ether oxygens (including phenoxy) is 2. The minimum absolute atomic E-state index is 0.215. The summed E-state index contributed by atoms with van der Waals surface area (Å²) in [6.45, 7) is -0.215. The lowest BCUT2D eigenvalue weighted by atomic mass is 10.1. The van der Waals surface area contributed by atoms with E-state index in [1.165, 1.54) is 19.2 Å². The van der Waals surface area contributed by atoms with Crippen molar-refractivity contribution in [3.8, 4) is 11.5 Å². The highest BCUT2D eigenvalue weighted by Gasteiger charge is 2.55. The Bertz CT molecular complexity index is 1110. The third kappa shape index (κ3) is 3.86. The van der Waals surface area contributed by atoms with Gasteiger partial charge in [0.05, 0.1) is 19.9 Å². The minimum atomic E-state index is -0.997. The van der Waals surface area contributed by atoms with Crippen molar-refractivity contribution in [3.05, 3.63) is 42.5 Å². The molecule has 1 N–H and O–H groups in total. The van der Waals surface area contributed by atoms with Crippen molar-refractivity contribution in [3.63, 3.8) is 0 Å². The Balaban J connectivity index is 1.50. The molecule has 2 aliphatic heterocycles. The average molecular weight is 455 g/mol. The van der Waals surface area contributed by atoms with Crippen molar-refractivity contribution in [1.82, 2.24) is 5.01 Å². The Morgan fingerprint density at radius 2 is 1.88 bits per heavy atom. The van der Waals surface area contributed by atoms with Crippen LogP contribution in [0, 0.1) is 0 Å². The molecule has 0 aromatic heterocycles. The average Bonchev–Trinajstić information content (AvgIpc) is 3.32. The zero-order valence-electron chi connectivity index (χ0n) is 17.6. The molecule has 2 atom stereocenters. The summed E-state index contributed by atoms with van der Waals surface area (Å²) in [5.74, 6) is -0.527. The van der Waals surface area contributed by atoms with Crippen molar-refractivity contribution in [1.29, 1.82) is 0 Å². The topological polar surface area (TPSA) is 113 Å². The molecule has 1 saturated heterocycles. The van der Waals surface area contributed by atoms with E-state index in [2.05, 4.69) is 15.7 Å². The third-order valence-corrected chi connectivity index (χ3v) is 5.87. The van der Waals surface area contributed by atoms with Crippen molar-refractivity contribution >= 4 is 40.9 Å². The fourth-order valence-corrected chi connectivity index (χ4v) is 4.08. The van der Waals surface area contributed by atoms with Gasteiger partial charge in [0, 0.05) is 16.6 Å². The Morgan fingerprint density at radius 3 is 2.59 bits per heavy atom. The van der Waals surface area contributed by atoms with Crippen molar-refractivity contribution < 1.29 is 23.9 Å². The first kappa shape index (κ1) is 21.6. The Morgan fingerprint density at radius 1 is 1.09 bits per heavy atom. The number of nitrogens with zero attached hydrogens (tertiary/aromatic N) is 4. The van der Waals surface area contributed by atoms with Crippen LogP contribution in [0.3, 0.4) is 0 Å². The molecule has 32 heavy (non-hydrogen) atoms. The largest absolute Gasteiger partial charge is 0.493 e. The summed E-state index contributed by atoms with van der Waals surface area (Å²) < 4.78 is 10.5. The predicted molar refractivity (Wildman–Crippen MR) is 118 cm³/mol. The molecule has 0 saturated carbocycles. The first-order valence-electron chi connectivity index (χ1n) is 9.68. The van der Waals surface area contributed by atoms with E-state index in [1.54, 1.807) is 36.0 Å². The van der Waals surface area contributed by atoms with Crippen LogP contribution in [0.2, 0.25) is 0 Å². The van der Waals surface area contributed by atoms with E-state index in [1.807, 2.05) is 24.5 Å². The molecule has 0 aliphatic carbocycles. The summed E-state index contributed by atoms with van der Waals surface area (Å²) in [6.07, 6.45) is 1.94. The number of carbonyl (C=O) groups excluding carboxylic acids is 3. The number of carbonyl (C=O) groups is 3. The summed E-state index contributed by atoms with van der Waals surface area (Å²) in [7, 11) is 2.96. The highest BCUT2D eigenvalue weighted by molar-refractivity contribution is 7.98. The van der Waals surface area contributed by atoms with Gasteiger partial charge in [-0.15, -0.1) is 11.8 Å². The van der Waals surface area contributed by atoms with Gasteiger partial charge in [0.1, 0.15) is 6.54 Å². The molecular weight excluding hydrogens is 434 g/mol. The van der Waals surface area contributed by atoms with Crippen molar-refractivity contribution in [2.24, 2.45) is 10.3 Å². The van der Waals surface area contributed by atoms with Gasteiger partial charge in [0.2, 0.25) is 5.91 Å². The normalized spacial score (nSPS) is 19.3. The van der Waals surface area contributed by atoms with Crippen LogP contribution in [0.15, 0.2) is 57.7 Å². The second-order valence-electron chi connectivity index (χ2n) is 7.02. The first-order chi connectivity index (χ1) is 15.5. The van der Waals surface area contributed by atoms with Crippen LogP contribution in [-0.2, 0) is 14.4 Å². The number of anilines is 2. The molecule has 11 heteroatoms. The summed E-state index contributed by atoms with van der Waals surface area (Å²) in [5.41, 5.74) is 0.968. The fraction of sp³-hybridized carbons (Fsp3) is 0.286. The lowest BCUT2D eigenvalue weighted by Gasteiger charge is -2.20. The maximum atomic E-state index is 13.1. The molecular formula is C21H21N5O5S. The molecule has 0 unspecified atom stereocenters. The number of hydrogen-bond acceptors (Lipinski definition) is 9. The van der Waals surface area contributed by atoms with Crippen LogP contribution in [0.1, 0.15) is 0 Å². The molecule has 3 amide bonds. The highest BCUT2D eigenvalue weighted by atomic mass is 32.2. The molecule has 0 radical (unpaired) electrons. The Hall–Kier alpha value is -3.60. The van der Waals surface area contributed by atoms with Crippen LogP contribution < -0.4 is 19.7 Å². The number of benzene rings is 2. The highest BCUT2D eigenvalue weighted by Crippen LogP contribution is 2.36. The van der Waals surface area contributed by atoms with Crippen molar-refractivity contribution in [2.75, 3.05) is 37.2 Å². The number of imide groups is 1. The second-order valence-corrected chi connectivity index (χ2v) is 7.90. The minimum Gasteiger partial charge on any atom is -0.493 e. The van der Waals surface area contributed by atoms with E-state index in [-0.39, 0.29) is 12.5 Å². The number of rotatable bonds is 7. The van der Waals surface area contributed by atoms with Gasteiger partial charge < -0.3 is 14.8 Å². The van der Waals surface area contributed by atoms with E-state index in [4.69, 9.17) is 9.47 Å². The molecule has 166 valence electrons. The molecule has 2 aromatic carbocycles. The summed E-state index contributed by atoms with van der Waals surface area (Å²) in [4.78, 5) is 40.6. The van der Waals surface area contributed by atoms with E-state index < -0.39 is 23.9 Å². The Kier molecular flexibility index (Phi) is 5.99. The number of methoxy groups -OCH3 is 2. The third-order valence-electron chi connectivity index (χ3n) is 5.14. The zero-order valence-corrected chi connectivity index (χ0v) is 18.5. The molecule has 2 heterocycles. The fourth-order valence-electron chi connectivity index (χ4n) is 3.62. The maximum Gasteiger partial charge on any atom is 0.263 e. The van der Waals surface area contributed by atoms with Gasteiger partial charge in [-0.05, 0) is 36.6 Å². The Labute approximate surface area is 188 Å². The van der Waals surface area contributed by atoms with Gasteiger partial charge in [-0.3, -0.25) is 19.4 Å². The maximum absolute atomic E-state index is 13.1. The van der Waals surface area contributed by atoms with Crippen LogP contribution >= 0.6 is 11.8 Å². The molecule has 0 bridgehead atoms. The number of nitrogens with one attached hydrogen (secondary N) is 1. The van der Waals surface area contributed by atoms with E-state index in [9.17, 15) is 14.4 Å². The molecule has 2 aromatic rings. The monoisotopic (exact) mass is 455 g/mol. The number of thioether (sulfide) groups is 1. The smallest absolute Gasteiger partial charge is 0.263 e. The predicted octanol–water partition coefficient (Wildman–Crippen LogP) is 2.36. The van der Waals surface area contributed by atoms with E-state index in [0.717, 1.165) is 9.80 Å². The van der Waals surface area contributed by atoms with E-state index >= 15 is 0 Å². The van der Waals surface area contributed by atoms with Gasteiger partial charge in [-0.2, -0.15) is 5.11 Å². The quantitative estimate of drug-likeness (QED) is 0.504.